The molecule has 1 aromatic carbocycles. The van der Waals surface area contributed by atoms with E-state index in [0.717, 1.165) is 28.1 Å². The zero-order valence-electron chi connectivity index (χ0n) is 12.8. The number of carbonyl (C=O) groups is 1. The number of fused-ring (bicyclic) bond motifs is 1. The molecule has 0 aliphatic rings. The van der Waals surface area contributed by atoms with E-state index in [0.29, 0.717) is 5.56 Å². The Balaban J connectivity index is 1.95. The Kier molecular flexibility index (Phi) is 3.55. The fourth-order valence-electron chi connectivity index (χ4n) is 2.49. The van der Waals surface area contributed by atoms with Crippen LogP contribution in [-0.2, 0) is 0 Å². The fourth-order valence-corrected chi connectivity index (χ4v) is 2.49. The molecule has 0 aliphatic heterocycles. The molecule has 1 amide bonds. The number of nitrogens with zero attached hydrogens (tertiary/aromatic N) is 2. The molecule has 0 atom stereocenters. The summed E-state index contributed by atoms with van der Waals surface area (Å²) in [5.74, 6) is 0.566. The van der Waals surface area contributed by atoms with Gasteiger partial charge in [-0.25, -0.2) is 4.52 Å². The number of nitrogens with one attached hydrogen (secondary N) is 1. The quantitative estimate of drug-likeness (QED) is 0.807. The van der Waals surface area contributed by atoms with E-state index in [1.165, 1.54) is 0 Å². The van der Waals surface area contributed by atoms with E-state index < -0.39 is 0 Å². The third-order valence-corrected chi connectivity index (χ3v) is 3.66. The summed E-state index contributed by atoms with van der Waals surface area (Å²) in [6.07, 6.45) is 3.39. The second kappa shape index (κ2) is 5.52. The maximum absolute atomic E-state index is 12.5. The van der Waals surface area contributed by atoms with Crippen LogP contribution in [0.15, 0.2) is 42.7 Å². The van der Waals surface area contributed by atoms with Crippen molar-refractivity contribution in [2.24, 2.45) is 0 Å². The highest BCUT2D eigenvalue weighted by Gasteiger charge is 2.14. The van der Waals surface area contributed by atoms with E-state index in [1.54, 1.807) is 17.8 Å². The standard InChI is InChI=1S/C17H17N3O2/c1-11-8-12(2)16(22-3)9-14(11)19-17(21)13-10-18-20-7-5-4-6-15(13)20/h4-10H,1-3H3,(H,19,21). The van der Waals surface area contributed by atoms with Crippen molar-refractivity contribution in [2.75, 3.05) is 12.4 Å². The van der Waals surface area contributed by atoms with Crippen LogP contribution < -0.4 is 10.1 Å². The Morgan fingerprint density at radius 3 is 2.82 bits per heavy atom. The van der Waals surface area contributed by atoms with Gasteiger partial charge in [-0.3, -0.25) is 4.79 Å². The van der Waals surface area contributed by atoms with Crippen molar-refractivity contribution in [3.63, 3.8) is 0 Å². The molecule has 5 nitrogen and oxygen atoms in total. The number of aryl methyl sites for hydroxylation is 2. The summed E-state index contributed by atoms with van der Waals surface area (Å²) in [5.41, 5.74) is 4.08. The summed E-state index contributed by atoms with van der Waals surface area (Å²) in [6, 6.07) is 9.45. The molecule has 0 spiro atoms. The Bertz CT molecular complexity index is 852. The molecule has 2 heterocycles. The lowest BCUT2D eigenvalue weighted by molar-refractivity contribution is 0.102. The van der Waals surface area contributed by atoms with Gasteiger partial charge < -0.3 is 10.1 Å². The number of rotatable bonds is 3. The molecule has 3 aromatic rings. The third kappa shape index (κ3) is 2.41. The number of amides is 1. The van der Waals surface area contributed by atoms with Gasteiger partial charge in [0.15, 0.2) is 0 Å². The highest BCUT2D eigenvalue weighted by molar-refractivity contribution is 6.09. The van der Waals surface area contributed by atoms with Gasteiger partial charge in [0.2, 0.25) is 0 Å². The number of aromatic nitrogens is 2. The van der Waals surface area contributed by atoms with Gasteiger partial charge in [-0.2, -0.15) is 5.10 Å². The molecule has 0 saturated heterocycles. The zero-order chi connectivity index (χ0) is 15.7. The highest BCUT2D eigenvalue weighted by Crippen LogP contribution is 2.27. The lowest BCUT2D eigenvalue weighted by Gasteiger charge is -2.12. The summed E-state index contributed by atoms with van der Waals surface area (Å²) >= 11 is 0. The van der Waals surface area contributed by atoms with Crippen LogP contribution in [-0.4, -0.2) is 22.6 Å². The number of benzene rings is 1. The van der Waals surface area contributed by atoms with E-state index in [2.05, 4.69) is 10.4 Å². The molecule has 0 radical (unpaired) electrons. The lowest BCUT2D eigenvalue weighted by Crippen LogP contribution is -2.12. The van der Waals surface area contributed by atoms with E-state index in [1.807, 2.05) is 50.4 Å². The first kappa shape index (κ1) is 14.1. The third-order valence-electron chi connectivity index (χ3n) is 3.66. The summed E-state index contributed by atoms with van der Waals surface area (Å²) in [6.45, 7) is 3.93. The molecule has 0 unspecified atom stereocenters. The van der Waals surface area contributed by atoms with Crippen molar-refractivity contribution in [2.45, 2.75) is 13.8 Å². The smallest absolute Gasteiger partial charge is 0.259 e. The van der Waals surface area contributed by atoms with Crippen LogP contribution in [0.25, 0.3) is 5.52 Å². The number of carbonyl (C=O) groups excluding carboxylic acids is 1. The number of ether oxygens (including phenoxy) is 1. The van der Waals surface area contributed by atoms with Gasteiger partial charge in [0, 0.05) is 18.0 Å². The van der Waals surface area contributed by atoms with Crippen molar-refractivity contribution in [3.05, 3.63) is 59.4 Å². The van der Waals surface area contributed by atoms with Crippen LogP contribution in [0.1, 0.15) is 21.5 Å². The Hall–Kier alpha value is -2.82. The molecule has 112 valence electrons. The van der Waals surface area contributed by atoms with Gasteiger partial charge in [0.05, 0.1) is 24.4 Å². The topological polar surface area (TPSA) is 55.6 Å². The Morgan fingerprint density at radius 2 is 2.05 bits per heavy atom. The van der Waals surface area contributed by atoms with E-state index in [-0.39, 0.29) is 5.91 Å². The van der Waals surface area contributed by atoms with Gasteiger partial charge in [-0.05, 0) is 37.1 Å². The first-order chi connectivity index (χ1) is 10.6. The van der Waals surface area contributed by atoms with Crippen LogP contribution in [0.3, 0.4) is 0 Å². The molecule has 0 aliphatic carbocycles. The second-order valence-electron chi connectivity index (χ2n) is 5.18. The van der Waals surface area contributed by atoms with Crippen molar-refractivity contribution >= 4 is 17.1 Å². The van der Waals surface area contributed by atoms with Crippen molar-refractivity contribution in [1.29, 1.82) is 0 Å². The molecular weight excluding hydrogens is 278 g/mol. The van der Waals surface area contributed by atoms with Gasteiger partial charge in [0.25, 0.3) is 5.91 Å². The second-order valence-corrected chi connectivity index (χ2v) is 5.18. The molecule has 5 heteroatoms. The molecule has 1 N–H and O–H groups in total. The van der Waals surface area contributed by atoms with Crippen LogP contribution >= 0.6 is 0 Å². The highest BCUT2D eigenvalue weighted by atomic mass is 16.5. The summed E-state index contributed by atoms with van der Waals surface area (Å²) in [7, 11) is 1.62. The van der Waals surface area contributed by atoms with E-state index >= 15 is 0 Å². The van der Waals surface area contributed by atoms with Crippen molar-refractivity contribution in [3.8, 4) is 5.75 Å². The molecule has 0 fully saturated rings. The fraction of sp³-hybridized carbons (Fsp3) is 0.176. The number of hydrogen-bond donors (Lipinski definition) is 1. The zero-order valence-corrected chi connectivity index (χ0v) is 12.8. The van der Waals surface area contributed by atoms with Gasteiger partial charge in [-0.15, -0.1) is 0 Å². The maximum Gasteiger partial charge on any atom is 0.259 e. The SMILES string of the molecule is COc1cc(NC(=O)c2cnn3ccccc23)c(C)cc1C. The predicted octanol–water partition coefficient (Wildman–Crippen LogP) is 3.21. The molecule has 0 saturated carbocycles. The van der Waals surface area contributed by atoms with Crippen molar-refractivity contribution < 1.29 is 9.53 Å². The van der Waals surface area contributed by atoms with Gasteiger partial charge >= 0.3 is 0 Å². The summed E-state index contributed by atoms with van der Waals surface area (Å²) in [5, 5.41) is 7.12. The molecule has 2 aromatic heterocycles. The van der Waals surface area contributed by atoms with Crippen LogP contribution in [0, 0.1) is 13.8 Å². The molecule has 22 heavy (non-hydrogen) atoms. The lowest BCUT2D eigenvalue weighted by atomic mass is 10.1. The number of hydrogen-bond acceptors (Lipinski definition) is 3. The largest absolute Gasteiger partial charge is 0.496 e. The Labute approximate surface area is 128 Å². The van der Waals surface area contributed by atoms with Gasteiger partial charge in [0.1, 0.15) is 5.75 Å². The predicted molar refractivity (Wildman–Crippen MR) is 85.6 cm³/mol. The molecule has 0 bridgehead atoms. The molecule has 3 rings (SSSR count). The summed E-state index contributed by atoms with van der Waals surface area (Å²) < 4.78 is 6.99. The van der Waals surface area contributed by atoms with Crippen molar-refractivity contribution in [1.82, 2.24) is 9.61 Å². The minimum absolute atomic E-state index is 0.185. The Morgan fingerprint density at radius 1 is 1.23 bits per heavy atom. The maximum atomic E-state index is 12.5. The number of methoxy groups -OCH3 is 1. The monoisotopic (exact) mass is 295 g/mol. The van der Waals surface area contributed by atoms with Crippen LogP contribution in [0.2, 0.25) is 0 Å². The first-order valence-electron chi connectivity index (χ1n) is 6.99. The number of pyridine rings is 1. The first-order valence-corrected chi connectivity index (χ1v) is 6.99. The minimum atomic E-state index is -0.185. The van der Waals surface area contributed by atoms with E-state index in [9.17, 15) is 4.79 Å². The van der Waals surface area contributed by atoms with E-state index in [4.69, 9.17) is 4.74 Å². The normalized spacial score (nSPS) is 10.7. The number of anilines is 1. The molecular formula is C17H17N3O2. The average Bonchev–Trinajstić information content (AvgIpc) is 2.94. The van der Waals surface area contributed by atoms with Gasteiger partial charge in [-0.1, -0.05) is 12.1 Å². The van der Waals surface area contributed by atoms with Crippen LogP contribution in [0.4, 0.5) is 5.69 Å². The van der Waals surface area contributed by atoms with Crippen LogP contribution in [0.5, 0.6) is 5.75 Å². The minimum Gasteiger partial charge on any atom is -0.496 e. The average molecular weight is 295 g/mol. The summed E-state index contributed by atoms with van der Waals surface area (Å²) in [4.78, 5) is 12.5.